The van der Waals surface area contributed by atoms with Crippen molar-refractivity contribution in [3.05, 3.63) is 75.5 Å². The molecule has 4 heterocycles. The van der Waals surface area contributed by atoms with Crippen LogP contribution in [0.4, 0.5) is 0 Å². The highest BCUT2D eigenvalue weighted by Crippen LogP contribution is 2.20. The maximum atomic E-state index is 12.8. The van der Waals surface area contributed by atoms with Gasteiger partial charge in [-0.1, -0.05) is 6.07 Å². The molecular formula is C23H26N6O2. The standard InChI is InChI=1S/C23H26N6O2/c30-22(18-12-17-5-1-2-6-20(17)25-14-18)26-19-7-8-21-27-29(23(31)28(21)11-9-19)15-16-4-3-10-24-13-16/h3-4,10,12-14,19H,1-2,5-9,11,15H2,(H,26,30). The van der Waals surface area contributed by atoms with Crippen molar-refractivity contribution in [2.75, 3.05) is 0 Å². The van der Waals surface area contributed by atoms with Gasteiger partial charge in [-0.2, -0.15) is 5.10 Å². The lowest BCUT2D eigenvalue weighted by atomic mass is 9.95. The molecule has 0 spiro atoms. The number of nitrogens with one attached hydrogen (secondary N) is 1. The molecule has 0 bridgehead atoms. The van der Waals surface area contributed by atoms with Crippen molar-refractivity contribution in [3.63, 3.8) is 0 Å². The molecule has 0 fully saturated rings. The molecule has 5 rings (SSSR count). The van der Waals surface area contributed by atoms with Crippen molar-refractivity contribution in [1.29, 1.82) is 0 Å². The molecule has 8 heteroatoms. The minimum atomic E-state index is -0.107. The van der Waals surface area contributed by atoms with Gasteiger partial charge >= 0.3 is 5.69 Å². The number of hydrogen-bond acceptors (Lipinski definition) is 5. The summed E-state index contributed by atoms with van der Waals surface area (Å²) in [4.78, 5) is 34.2. The molecule has 3 aromatic heterocycles. The number of rotatable bonds is 4. The van der Waals surface area contributed by atoms with Gasteiger partial charge < -0.3 is 5.32 Å². The van der Waals surface area contributed by atoms with Gasteiger partial charge in [-0.25, -0.2) is 9.48 Å². The summed E-state index contributed by atoms with van der Waals surface area (Å²) in [6.45, 7) is 0.965. The molecule has 2 aliphatic rings. The van der Waals surface area contributed by atoms with Crippen LogP contribution >= 0.6 is 0 Å². The van der Waals surface area contributed by atoms with E-state index < -0.39 is 0 Å². The molecule has 0 aromatic carbocycles. The van der Waals surface area contributed by atoms with Crippen LogP contribution in [0.2, 0.25) is 0 Å². The van der Waals surface area contributed by atoms with Gasteiger partial charge in [0.25, 0.3) is 5.91 Å². The number of amides is 1. The second-order valence-electron chi connectivity index (χ2n) is 8.40. The Morgan fingerprint density at radius 3 is 2.94 bits per heavy atom. The zero-order chi connectivity index (χ0) is 21.2. The number of aromatic nitrogens is 5. The number of carbonyl (C=O) groups is 1. The molecule has 0 radical (unpaired) electrons. The first-order valence-corrected chi connectivity index (χ1v) is 11.0. The van der Waals surface area contributed by atoms with E-state index in [-0.39, 0.29) is 17.6 Å². The normalized spacial score (nSPS) is 18.0. The Morgan fingerprint density at radius 2 is 2.06 bits per heavy atom. The smallest absolute Gasteiger partial charge is 0.346 e. The lowest BCUT2D eigenvalue weighted by Gasteiger charge is -2.18. The van der Waals surface area contributed by atoms with Crippen LogP contribution in [0.15, 0.2) is 41.6 Å². The highest BCUT2D eigenvalue weighted by atomic mass is 16.2. The fourth-order valence-electron chi connectivity index (χ4n) is 4.52. The zero-order valence-electron chi connectivity index (χ0n) is 17.5. The van der Waals surface area contributed by atoms with Crippen LogP contribution in [0.25, 0.3) is 0 Å². The summed E-state index contributed by atoms with van der Waals surface area (Å²) in [7, 11) is 0. The molecule has 31 heavy (non-hydrogen) atoms. The molecule has 8 nitrogen and oxygen atoms in total. The van der Waals surface area contributed by atoms with Gasteiger partial charge in [-0.3, -0.25) is 19.3 Å². The highest BCUT2D eigenvalue weighted by molar-refractivity contribution is 5.94. The van der Waals surface area contributed by atoms with E-state index in [4.69, 9.17) is 0 Å². The molecule has 1 N–H and O–H groups in total. The van der Waals surface area contributed by atoms with E-state index >= 15 is 0 Å². The monoisotopic (exact) mass is 418 g/mol. The van der Waals surface area contributed by atoms with E-state index in [1.807, 2.05) is 18.2 Å². The van der Waals surface area contributed by atoms with Gasteiger partial charge in [0.15, 0.2) is 0 Å². The van der Waals surface area contributed by atoms with Gasteiger partial charge in [0, 0.05) is 43.3 Å². The van der Waals surface area contributed by atoms with E-state index in [1.54, 1.807) is 23.2 Å². The number of nitrogens with zero attached hydrogens (tertiary/aromatic N) is 5. The number of fused-ring (bicyclic) bond motifs is 2. The van der Waals surface area contributed by atoms with E-state index in [2.05, 4.69) is 20.4 Å². The summed E-state index contributed by atoms with van der Waals surface area (Å²) >= 11 is 0. The van der Waals surface area contributed by atoms with Crippen LogP contribution in [0.5, 0.6) is 0 Å². The molecular weight excluding hydrogens is 392 g/mol. The van der Waals surface area contributed by atoms with Crippen molar-refractivity contribution in [1.82, 2.24) is 29.6 Å². The van der Waals surface area contributed by atoms with Crippen LogP contribution in [-0.4, -0.2) is 36.3 Å². The topological polar surface area (TPSA) is 94.7 Å². The van der Waals surface area contributed by atoms with Crippen LogP contribution in [0.3, 0.4) is 0 Å². The predicted molar refractivity (Wildman–Crippen MR) is 115 cm³/mol. The Bertz CT molecular complexity index is 1150. The molecule has 1 unspecified atom stereocenters. The summed E-state index contributed by atoms with van der Waals surface area (Å²) < 4.78 is 3.24. The molecule has 1 aliphatic heterocycles. The van der Waals surface area contributed by atoms with E-state index in [0.29, 0.717) is 31.5 Å². The third kappa shape index (κ3) is 4.15. The molecule has 0 saturated carbocycles. The van der Waals surface area contributed by atoms with Gasteiger partial charge in [-0.15, -0.1) is 0 Å². The summed E-state index contributed by atoms with van der Waals surface area (Å²) in [5.41, 5.74) is 3.80. The van der Waals surface area contributed by atoms with Crippen molar-refractivity contribution < 1.29 is 4.79 Å². The Kier molecular flexibility index (Phi) is 5.36. The van der Waals surface area contributed by atoms with Gasteiger partial charge in [0.2, 0.25) is 0 Å². The van der Waals surface area contributed by atoms with Gasteiger partial charge in [-0.05, 0) is 61.8 Å². The van der Waals surface area contributed by atoms with Crippen LogP contribution in [0.1, 0.15) is 58.7 Å². The fraction of sp³-hybridized carbons (Fsp3) is 0.435. The minimum Gasteiger partial charge on any atom is -0.349 e. The summed E-state index contributed by atoms with van der Waals surface area (Å²) in [5, 5.41) is 7.69. The lowest BCUT2D eigenvalue weighted by Crippen LogP contribution is -2.36. The summed E-state index contributed by atoms with van der Waals surface area (Å²) in [5.74, 6) is 0.695. The zero-order valence-corrected chi connectivity index (χ0v) is 17.5. The van der Waals surface area contributed by atoms with Crippen molar-refractivity contribution >= 4 is 5.91 Å². The molecule has 1 aliphatic carbocycles. The first-order chi connectivity index (χ1) is 15.2. The average Bonchev–Trinajstić information content (AvgIpc) is 2.96. The predicted octanol–water partition coefficient (Wildman–Crippen LogP) is 1.90. The van der Waals surface area contributed by atoms with Crippen LogP contribution in [0, 0.1) is 0 Å². The minimum absolute atomic E-state index is 0.0106. The maximum absolute atomic E-state index is 12.8. The van der Waals surface area contributed by atoms with Gasteiger partial charge in [0.05, 0.1) is 12.1 Å². The second kappa shape index (κ2) is 8.45. The summed E-state index contributed by atoms with van der Waals surface area (Å²) in [6.07, 6.45) is 11.6. The van der Waals surface area contributed by atoms with Crippen molar-refractivity contribution in [2.24, 2.45) is 0 Å². The Balaban J connectivity index is 1.24. The summed E-state index contributed by atoms with van der Waals surface area (Å²) in [6, 6.07) is 5.80. The van der Waals surface area contributed by atoms with Crippen molar-refractivity contribution in [3.8, 4) is 0 Å². The number of hydrogen-bond donors (Lipinski definition) is 1. The third-order valence-corrected chi connectivity index (χ3v) is 6.24. The Morgan fingerprint density at radius 1 is 1.16 bits per heavy atom. The Labute approximate surface area is 180 Å². The highest BCUT2D eigenvalue weighted by Gasteiger charge is 2.23. The third-order valence-electron chi connectivity index (χ3n) is 6.24. The Hall–Kier alpha value is -3.29. The van der Waals surface area contributed by atoms with Gasteiger partial charge in [0.1, 0.15) is 5.82 Å². The SMILES string of the molecule is O=C(NC1CCc2nn(Cc3cccnc3)c(=O)n2CC1)c1cnc2c(c1)CCCC2. The van der Waals surface area contributed by atoms with Crippen LogP contribution < -0.4 is 11.0 Å². The first kappa shape index (κ1) is 19.7. The lowest BCUT2D eigenvalue weighted by molar-refractivity contribution is 0.0932. The number of pyridine rings is 2. The molecule has 1 atom stereocenters. The first-order valence-electron chi connectivity index (χ1n) is 11.0. The quantitative estimate of drug-likeness (QED) is 0.698. The average molecular weight is 419 g/mol. The number of carbonyl (C=O) groups excluding carboxylic acids is 1. The largest absolute Gasteiger partial charge is 0.349 e. The molecule has 160 valence electrons. The maximum Gasteiger partial charge on any atom is 0.346 e. The molecule has 3 aromatic rings. The molecule has 1 amide bonds. The van der Waals surface area contributed by atoms with E-state index in [0.717, 1.165) is 42.8 Å². The second-order valence-corrected chi connectivity index (χ2v) is 8.40. The fourth-order valence-corrected chi connectivity index (χ4v) is 4.52. The van der Waals surface area contributed by atoms with Crippen LogP contribution in [-0.2, 0) is 32.4 Å². The van der Waals surface area contributed by atoms with E-state index in [9.17, 15) is 9.59 Å². The number of aryl methyl sites for hydroxylation is 3. The van der Waals surface area contributed by atoms with E-state index in [1.165, 1.54) is 16.7 Å². The van der Waals surface area contributed by atoms with Crippen molar-refractivity contribution in [2.45, 2.75) is 64.1 Å². The molecule has 0 saturated heterocycles.